The Bertz CT molecular complexity index is 1430. The Balaban J connectivity index is 1.44. The van der Waals surface area contributed by atoms with Crippen LogP contribution in [-0.2, 0) is 14.6 Å². The molecule has 3 aromatic rings. The van der Waals surface area contributed by atoms with Crippen molar-refractivity contribution < 1.29 is 17.9 Å². The predicted molar refractivity (Wildman–Crippen MR) is 141 cm³/mol. The molecule has 1 amide bonds. The van der Waals surface area contributed by atoms with Gasteiger partial charge in [0.25, 0.3) is 0 Å². The molecule has 3 N–H and O–H groups in total. The number of anilines is 3. The van der Waals surface area contributed by atoms with Gasteiger partial charge < -0.3 is 20.3 Å². The van der Waals surface area contributed by atoms with Crippen LogP contribution < -0.4 is 10.6 Å². The molecule has 0 aromatic carbocycles. The van der Waals surface area contributed by atoms with Crippen molar-refractivity contribution in [3.05, 3.63) is 30.1 Å². The number of fused-ring (bicyclic) bond motifs is 3. The van der Waals surface area contributed by atoms with E-state index in [-0.39, 0.29) is 29.1 Å². The fraction of sp³-hybridized carbons (Fsp3) is 0.520. The van der Waals surface area contributed by atoms with Crippen molar-refractivity contribution in [2.75, 3.05) is 16.9 Å². The number of H-pyrrole nitrogens is 1. The first kappa shape index (κ1) is 25.2. The predicted octanol–water partition coefficient (Wildman–Crippen LogP) is 4.15. The summed E-state index contributed by atoms with van der Waals surface area (Å²) in [6, 6.07) is 5.46. The van der Waals surface area contributed by atoms with Gasteiger partial charge in [-0.25, -0.2) is 18.2 Å². The number of pyridine rings is 2. The Morgan fingerprint density at radius 2 is 1.84 bits per heavy atom. The highest BCUT2D eigenvalue weighted by molar-refractivity contribution is 7.90. The summed E-state index contributed by atoms with van der Waals surface area (Å²) >= 11 is 0. The van der Waals surface area contributed by atoms with Gasteiger partial charge in [0.2, 0.25) is 0 Å². The Labute approximate surface area is 216 Å². The second-order valence-electron chi connectivity index (χ2n) is 11.0. The second-order valence-corrected chi connectivity index (χ2v) is 13.0. The number of aryl methyl sites for hydroxylation is 1. The Morgan fingerprint density at radius 3 is 2.43 bits per heavy atom. The van der Waals surface area contributed by atoms with Crippen LogP contribution in [0.1, 0.15) is 52.1 Å². The van der Waals surface area contributed by atoms with Crippen molar-refractivity contribution in [2.45, 2.75) is 82.0 Å². The average molecular weight is 528 g/mol. The van der Waals surface area contributed by atoms with Crippen molar-refractivity contribution in [1.29, 1.82) is 0 Å². The SMILES string of the molecule is Cc1cc(Nc2cc3ncc(S(C)(=O)=O)cc3c(N[C@@H]3C[C@H]4CC[C@@H](C3)N4C(=O)OC(C)(C)C)n2)n[nH]1. The van der Waals surface area contributed by atoms with Crippen LogP contribution in [0.25, 0.3) is 10.9 Å². The first-order valence-electron chi connectivity index (χ1n) is 12.4. The quantitative estimate of drug-likeness (QED) is 0.446. The average Bonchev–Trinajstić information content (AvgIpc) is 3.31. The zero-order valence-electron chi connectivity index (χ0n) is 21.7. The third kappa shape index (κ3) is 5.48. The lowest BCUT2D eigenvalue weighted by molar-refractivity contribution is 0.00683. The number of carbonyl (C=O) groups excluding carboxylic acids is 1. The van der Waals surface area contributed by atoms with Crippen molar-refractivity contribution in [2.24, 2.45) is 0 Å². The van der Waals surface area contributed by atoms with Gasteiger partial charge >= 0.3 is 6.09 Å². The van der Waals surface area contributed by atoms with E-state index in [1.807, 2.05) is 38.7 Å². The van der Waals surface area contributed by atoms with Gasteiger partial charge in [0.1, 0.15) is 17.2 Å². The van der Waals surface area contributed by atoms with E-state index in [0.717, 1.165) is 37.6 Å². The van der Waals surface area contributed by atoms with Crippen molar-refractivity contribution in [3.8, 4) is 0 Å². The molecule has 198 valence electrons. The molecule has 0 saturated carbocycles. The molecule has 5 rings (SSSR count). The molecule has 3 atom stereocenters. The van der Waals surface area contributed by atoms with Crippen LogP contribution in [0, 0.1) is 6.92 Å². The van der Waals surface area contributed by atoms with Crippen LogP contribution in [0.3, 0.4) is 0 Å². The zero-order valence-corrected chi connectivity index (χ0v) is 22.5. The van der Waals surface area contributed by atoms with Gasteiger partial charge in [-0.3, -0.25) is 10.1 Å². The molecule has 0 radical (unpaired) electrons. The summed E-state index contributed by atoms with van der Waals surface area (Å²) in [5.74, 6) is 1.70. The number of sulfone groups is 1. The first-order chi connectivity index (χ1) is 17.4. The van der Waals surface area contributed by atoms with Crippen molar-refractivity contribution in [3.63, 3.8) is 0 Å². The normalized spacial score (nSPS) is 21.8. The first-order valence-corrected chi connectivity index (χ1v) is 14.3. The lowest BCUT2D eigenvalue weighted by Gasteiger charge is -2.39. The van der Waals surface area contributed by atoms with Gasteiger partial charge in [-0.2, -0.15) is 5.10 Å². The van der Waals surface area contributed by atoms with E-state index >= 15 is 0 Å². The lowest BCUT2D eigenvalue weighted by atomic mass is 9.97. The van der Waals surface area contributed by atoms with E-state index in [1.165, 1.54) is 6.20 Å². The number of aromatic amines is 1. The fourth-order valence-electron chi connectivity index (χ4n) is 5.19. The summed E-state index contributed by atoms with van der Waals surface area (Å²) in [7, 11) is -3.45. The van der Waals surface area contributed by atoms with Crippen molar-refractivity contribution >= 4 is 44.3 Å². The van der Waals surface area contributed by atoms with Crippen LogP contribution in [0.15, 0.2) is 29.3 Å². The molecule has 0 aliphatic carbocycles. The lowest BCUT2D eigenvalue weighted by Crippen LogP contribution is -2.51. The van der Waals surface area contributed by atoms with Crippen LogP contribution in [0.4, 0.5) is 22.2 Å². The monoisotopic (exact) mass is 527 g/mol. The fourth-order valence-corrected chi connectivity index (χ4v) is 5.77. The largest absolute Gasteiger partial charge is 0.444 e. The Kier molecular flexibility index (Phi) is 6.25. The van der Waals surface area contributed by atoms with Gasteiger partial charge in [0.15, 0.2) is 15.7 Å². The third-order valence-electron chi connectivity index (χ3n) is 6.72. The Hall–Kier alpha value is -3.41. The molecule has 2 aliphatic heterocycles. The number of nitrogens with one attached hydrogen (secondary N) is 3. The van der Waals surface area contributed by atoms with E-state index in [4.69, 9.17) is 9.72 Å². The molecule has 12 heteroatoms. The van der Waals surface area contributed by atoms with E-state index in [2.05, 4.69) is 25.8 Å². The molecule has 2 saturated heterocycles. The van der Waals surface area contributed by atoms with E-state index < -0.39 is 15.4 Å². The van der Waals surface area contributed by atoms with Crippen molar-refractivity contribution in [1.82, 2.24) is 25.1 Å². The number of hydrogen-bond acceptors (Lipinski definition) is 9. The van der Waals surface area contributed by atoms with Gasteiger partial charge in [0, 0.05) is 53.8 Å². The number of carbonyl (C=O) groups is 1. The molecular formula is C25H33N7O4S. The van der Waals surface area contributed by atoms with E-state index in [0.29, 0.717) is 28.4 Å². The third-order valence-corrected chi connectivity index (χ3v) is 7.80. The van der Waals surface area contributed by atoms with E-state index in [9.17, 15) is 13.2 Å². The maximum atomic E-state index is 12.9. The highest BCUT2D eigenvalue weighted by Gasteiger charge is 2.45. The molecule has 5 heterocycles. The summed E-state index contributed by atoms with van der Waals surface area (Å²) < 4.78 is 30.1. The minimum Gasteiger partial charge on any atom is -0.444 e. The molecule has 37 heavy (non-hydrogen) atoms. The van der Waals surface area contributed by atoms with Crippen LogP contribution >= 0.6 is 0 Å². The summed E-state index contributed by atoms with van der Waals surface area (Å²) in [6.45, 7) is 7.54. The zero-order chi connectivity index (χ0) is 26.5. The number of rotatable bonds is 5. The summed E-state index contributed by atoms with van der Waals surface area (Å²) in [5.41, 5.74) is 0.970. The molecule has 0 spiro atoms. The summed E-state index contributed by atoms with van der Waals surface area (Å²) in [4.78, 5) is 24.1. The number of piperidine rings is 1. The number of hydrogen-bond donors (Lipinski definition) is 3. The minimum absolute atomic E-state index is 0.0525. The number of ether oxygens (including phenoxy) is 1. The number of amides is 1. The van der Waals surface area contributed by atoms with Gasteiger partial charge in [-0.1, -0.05) is 0 Å². The topological polar surface area (TPSA) is 142 Å². The van der Waals surface area contributed by atoms with Gasteiger partial charge in [-0.05, 0) is 59.4 Å². The minimum atomic E-state index is -3.45. The molecule has 0 unspecified atom stereocenters. The van der Waals surface area contributed by atoms with Gasteiger partial charge in [0.05, 0.1) is 10.4 Å². The molecule has 2 aliphatic rings. The van der Waals surface area contributed by atoms with Crippen LogP contribution in [-0.4, -0.2) is 69.6 Å². The number of aromatic nitrogens is 4. The van der Waals surface area contributed by atoms with Crippen LogP contribution in [0.2, 0.25) is 0 Å². The molecule has 2 fully saturated rings. The number of nitrogens with zero attached hydrogens (tertiary/aromatic N) is 4. The molecule has 11 nitrogen and oxygen atoms in total. The summed E-state index contributed by atoms with van der Waals surface area (Å²) in [6.07, 6.45) is 5.61. The highest BCUT2D eigenvalue weighted by atomic mass is 32.2. The smallest absolute Gasteiger partial charge is 0.410 e. The van der Waals surface area contributed by atoms with Crippen LogP contribution in [0.5, 0.6) is 0 Å². The van der Waals surface area contributed by atoms with Gasteiger partial charge in [-0.15, -0.1) is 0 Å². The maximum absolute atomic E-state index is 12.9. The molecular weight excluding hydrogens is 494 g/mol. The Morgan fingerprint density at radius 1 is 1.14 bits per heavy atom. The molecule has 2 bridgehead atoms. The standard InChI is InChI=1S/C25H33N7O4S/c1-14-8-22(31-30-14)28-21-12-20-19(11-18(13-26-20)37(5,34)35)23(29-21)27-15-9-16-6-7-17(10-15)32(16)24(33)36-25(2,3)4/h8,11-13,15-17H,6-7,9-10H2,1-5H3,(H3,27,28,29,30,31)/t15-,16-,17+. The highest BCUT2D eigenvalue weighted by Crippen LogP contribution is 2.38. The summed E-state index contributed by atoms with van der Waals surface area (Å²) in [5, 5.41) is 14.5. The molecule has 3 aromatic heterocycles. The maximum Gasteiger partial charge on any atom is 0.410 e. The second kappa shape index (κ2) is 9.16. The van der Waals surface area contributed by atoms with E-state index in [1.54, 1.807) is 12.1 Å².